The van der Waals surface area contributed by atoms with Crippen LogP contribution in [-0.4, -0.2) is 0 Å². The standard InChI is InChI=1S/C13H19/c1-5-7-11(3)13-9-6-8-10(2)12(13)4/h6,8-9,11H,3,5,7H2,1-2,4H3. The van der Waals surface area contributed by atoms with Gasteiger partial charge in [-0.3, -0.25) is 0 Å². The zero-order valence-electron chi connectivity index (χ0n) is 8.93. The van der Waals surface area contributed by atoms with Gasteiger partial charge in [0.2, 0.25) is 0 Å². The molecule has 71 valence electrons. The van der Waals surface area contributed by atoms with Gasteiger partial charge in [0.05, 0.1) is 0 Å². The van der Waals surface area contributed by atoms with E-state index in [9.17, 15) is 0 Å². The molecule has 0 heteroatoms. The molecule has 0 amide bonds. The number of rotatable bonds is 3. The number of benzene rings is 1. The summed E-state index contributed by atoms with van der Waals surface area (Å²) in [4.78, 5) is 0. The van der Waals surface area contributed by atoms with Crippen LogP contribution in [0.3, 0.4) is 0 Å². The minimum atomic E-state index is 0.463. The summed E-state index contributed by atoms with van der Waals surface area (Å²) in [5, 5.41) is 0. The SMILES string of the molecule is [CH2]C(CCC)c1cccc(C)c1C. The fraction of sp³-hybridized carbons (Fsp3) is 0.462. The predicted molar refractivity (Wildman–Crippen MR) is 58.9 cm³/mol. The van der Waals surface area contributed by atoms with Crippen molar-refractivity contribution in [1.29, 1.82) is 0 Å². The van der Waals surface area contributed by atoms with Crippen LogP contribution in [0.1, 0.15) is 42.4 Å². The number of hydrogen-bond donors (Lipinski definition) is 0. The lowest BCUT2D eigenvalue weighted by atomic mass is 9.91. The van der Waals surface area contributed by atoms with Crippen LogP contribution in [0.4, 0.5) is 0 Å². The van der Waals surface area contributed by atoms with Crippen LogP contribution in [0, 0.1) is 20.8 Å². The highest BCUT2D eigenvalue weighted by atomic mass is 14.1. The molecule has 0 saturated heterocycles. The zero-order valence-corrected chi connectivity index (χ0v) is 8.93. The van der Waals surface area contributed by atoms with E-state index < -0.39 is 0 Å². The van der Waals surface area contributed by atoms with Gasteiger partial charge in [-0.15, -0.1) is 0 Å². The first-order chi connectivity index (χ1) is 6.16. The Bertz CT molecular complexity index is 273. The van der Waals surface area contributed by atoms with Gasteiger partial charge in [0.25, 0.3) is 0 Å². The van der Waals surface area contributed by atoms with Crippen molar-refractivity contribution in [3.05, 3.63) is 41.8 Å². The van der Waals surface area contributed by atoms with Crippen LogP contribution in [0.2, 0.25) is 0 Å². The third kappa shape index (κ3) is 2.33. The first-order valence-corrected chi connectivity index (χ1v) is 5.06. The quantitative estimate of drug-likeness (QED) is 0.651. The molecule has 13 heavy (non-hydrogen) atoms. The van der Waals surface area contributed by atoms with Gasteiger partial charge in [-0.2, -0.15) is 0 Å². The van der Waals surface area contributed by atoms with Crippen LogP contribution < -0.4 is 0 Å². The van der Waals surface area contributed by atoms with E-state index in [0.717, 1.165) is 0 Å². The molecular formula is C13H19. The largest absolute Gasteiger partial charge is 0.0654 e. The summed E-state index contributed by atoms with van der Waals surface area (Å²) in [7, 11) is 0. The third-order valence-electron chi connectivity index (χ3n) is 2.72. The lowest BCUT2D eigenvalue weighted by molar-refractivity contribution is 0.710. The zero-order chi connectivity index (χ0) is 9.84. The van der Waals surface area contributed by atoms with Gasteiger partial charge in [-0.05, 0) is 49.8 Å². The Morgan fingerprint density at radius 1 is 1.31 bits per heavy atom. The second-order valence-corrected chi connectivity index (χ2v) is 3.77. The fourth-order valence-electron chi connectivity index (χ4n) is 1.72. The van der Waals surface area contributed by atoms with Crippen molar-refractivity contribution in [3.8, 4) is 0 Å². The van der Waals surface area contributed by atoms with Crippen LogP contribution in [-0.2, 0) is 0 Å². The van der Waals surface area contributed by atoms with Crippen LogP contribution in [0.5, 0.6) is 0 Å². The molecule has 0 nitrogen and oxygen atoms in total. The Balaban J connectivity index is 2.93. The smallest absolute Gasteiger partial charge is 0.0159 e. The monoisotopic (exact) mass is 175 g/mol. The second kappa shape index (κ2) is 4.45. The first-order valence-electron chi connectivity index (χ1n) is 5.06. The highest BCUT2D eigenvalue weighted by Gasteiger charge is 2.07. The highest BCUT2D eigenvalue weighted by Crippen LogP contribution is 2.24. The van der Waals surface area contributed by atoms with Crippen molar-refractivity contribution >= 4 is 0 Å². The normalized spacial score (nSPS) is 12.9. The van der Waals surface area contributed by atoms with Gasteiger partial charge >= 0.3 is 0 Å². The molecule has 1 aromatic carbocycles. The molecule has 1 rings (SSSR count). The minimum absolute atomic E-state index is 0.463. The third-order valence-corrected chi connectivity index (χ3v) is 2.72. The molecule has 1 radical (unpaired) electrons. The molecule has 0 bridgehead atoms. The maximum atomic E-state index is 4.20. The Morgan fingerprint density at radius 3 is 2.62 bits per heavy atom. The van der Waals surface area contributed by atoms with Crippen molar-refractivity contribution < 1.29 is 0 Å². The van der Waals surface area contributed by atoms with E-state index in [1.165, 1.54) is 29.5 Å². The van der Waals surface area contributed by atoms with E-state index in [1.807, 2.05) is 0 Å². The van der Waals surface area contributed by atoms with E-state index >= 15 is 0 Å². The van der Waals surface area contributed by atoms with E-state index in [1.54, 1.807) is 0 Å². The number of aryl methyl sites for hydroxylation is 1. The topological polar surface area (TPSA) is 0 Å². The van der Waals surface area contributed by atoms with Crippen molar-refractivity contribution in [2.45, 2.75) is 39.5 Å². The second-order valence-electron chi connectivity index (χ2n) is 3.77. The van der Waals surface area contributed by atoms with E-state index in [-0.39, 0.29) is 0 Å². The lowest BCUT2D eigenvalue weighted by Crippen LogP contribution is -1.97. The Hall–Kier alpha value is -0.780. The molecule has 0 aliphatic carbocycles. The summed E-state index contributed by atoms with van der Waals surface area (Å²) in [6.45, 7) is 10.8. The van der Waals surface area contributed by atoms with Gasteiger partial charge < -0.3 is 0 Å². The van der Waals surface area contributed by atoms with E-state index in [0.29, 0.717) is 5.92 Å². The van der Waals surface area contributed by atoms with Crippen molar-refractivity contribution in [2.75, 3.05) is 0 Å². The summed E-state index contributed by atoms with van der Waals surface area (Å²) >= 11 is 0. The van der Waals surface area contributed by atoms with Gasteiger partial charge in [0, 0.05) is 0 Å². The molecule has 0 fully saturated rings. The van der Waals surface area contributed by atoms with Crippen molar-refractivity contribution in [2.24, 2.45) is 0 Å². The predicted octanol–water partition coefficient (Wildman–Crippen LogP) is 4.02. The van der Waals surface area contributed by atoms with Crippen molar-refractivity contribution in [3.63, 3.8) is 0 Å². The van der Waals surface area contributed by atoms with Gasteiger partial charge in [0.15, 0.2) is 0 Å². The fourth-order valence-corrected chi connectivity index (χ4v) is 1.72. The summed E-state index contributed by atoms with van der Waals surface area (Å²) in [5.74, 6) is 0.463. The van der Waals surface area contributed by atoms with E-state index in [4.69, 9.17) is 0 Å². The lowest BCUT2D eigenvalue weighted by Gasteiger charge is -2.14. The van der Waals surface area contributed by atoms with E-state index in [2.05, 4.69) is 45.9 Å². The molecule has 0 aliphatic rings. The maximum absolute atomic E-state index is 4.20. The Morgan fingerprint density at radius 2 is 2.00 bits per heavy atom. The molecule has 1 unspecified atom stereocenters. The highest BCUT2D eigenvalue weighted by molar-refractivity contribution is 5.35. The first kappa shape index (κ1) is 10.3. The molecule has 0 heterocycles. The maximum Gasteiger partial charge on any atom is -0.0159 e. The van der Waals surface area contributed by atoms with Gasteiger partial charge in [0.1, 0.15) is 0 Å². The summed E-state index contributed by atoms with van der Waals surface area (Å²) < 4.78 is 0. The molecule has 1 atom stereocenters. The Labute approximate surface area is 82.0 Å². The molecule has 0 aliphatic heterocycles. The Kier molecular flexibility index (Phi) is 3.53. The summed E-state index contributed by atoms with van der Waals surface area (Å²) in [6, 6.07) is 6.50. The molecule has 0 aromatic heterocycles. The summed E-state index contributed by atoms with van der Waals surface area (Å²) in [6.07, 6.45) is 2.39. The van der Waals surface area contributed by atoms with Crippen LogP contribution >= 0.6 is 0 Å². The molecule has 0 spiro atoms. The van der Waals surface area contributed by atoms with Crippen molar-refractivity contribution in [1.82, 2.24) is 0 Å². The average Bonchev–Trinajstić information content (AvgIpc) is 2.10. The van der Waals surface area contributed by atoms with Crippen LogP contribution in [0.25, 0.3) is 0 Å². The number of hydrogen-bond acceptors (Lipinski definition) is 0. The van der Waals surface area contributed by atoms with Crippen LogP contribution in [0.15, 0.2) is 18.2 Å². The average molecular weight is 175 g/mol. The minimum Gasteiger partial charge on any atom is -0.0654 e. The van der Waals surface area contributed by atoms with Gasteiger partial charge in [-0.1, -0.05) is 31.5 Å². The summed E-state index contributed by atoms with van der Waals surface area (Å²) in [5.41, 5.74) is 4.21. The van der Waals surface area contributed by atoms with Gasteiger partial charge in [-0.25, -0.2) is 0 Å². The molecule has 0 saturated carbocycles. The molecular weight excluding hydrogens is 156 g/mol. The molecule has 1 aromatic rings. The molecule has 0 N–H and O–H groups in total.